The summed E-state index contributed by atoms with van der Waals surface area (Å²) >= 11 is 0. The van der Waals surface area contributed by atoms with Crippen molar-refractivity contribution in [1.82, 2.24) is 10.6 Å². The molecule has 0 bridgehead atoms. The van der Waals surface area contributed by atoms with Crippen molar-refractivity contribution in [2.75, 3.05) is 23.7 Å². The molecule has 0 atom stereocenters. The van der Waals surface area contributed by atoms with E-state index < -0.39 is 46.9 Å². The van der Waals surface area contributed by atoms with Crippen LogP contribution in [0.3, 0.4) is 0 Å². The number of aliphatic imine (C=N–C) groups is 2. The predicted molar refractivity (Wildman–Crippen MR) is 139 cm³/mol. The van der Waals surface area contributed by atoms with Crippen LogP contribution in [-0.2, 0) is 12.4 Å². The molecule has 0 aliphatic carbocycles. The van der Waals surface area contributed by atoms with Gasteiger partial charge in [-0.05, 0) is 37.1 Å². The first kappa shape index (κ1) is 31.7. The molecule has 0 aromatic heterocycles. The minimum atomic E-state index is -4.64. The van der Waals surface area contributed by atoms with Gasteiger partial charge in [0.05, 0.1) is 22.5 Å². The lowest BCUT2D eigenvalue weighted by Crippen LogP contribution is -2.40. The molecule has 218 valence electrons. The molecule has 0 saturated carbocycles. The second kappa shape index (κ2) is 14.6. The molecule has 8 N–H and O–H groups in total. The number of nitrogens with one attached hydrogen (secondary N) is 4. The summed E-state index contributed by atoms with van der Waals surface area (Å²) in [4.78, 5) is 31.7. The molecule has 0 fully saturated rings. The fraction of sp³-hybridized carbons (Fsp3) is 0.333. The van der Waals surface area contributed by atoms with Gasteiger partial charge in [-0.2, -0.15) is 26.3 Å². The van der Waals surface area contributed by atoms with E-state index in [4.69, 9.17) is 11.5 Å². The summed E-state index contributed by atoms with van der Waals surface area (Å²) in [5.74, 6) is -0.525. The van der Waals surface area contributed by atoms with Crippen molar-refractivity contribution >= 4 is 35.4 Å². The number of rotatable bonds is 9. The van der Waals surface area contributed by atoms with E-state index in [1.807, 2.05) is 0 Å². The van der Waals surface area contributed by atoms with Gasteiger partial charge in [0.15, 0.2) is 11.9 Å². The number of hydrogen-bond acceptors (Lipinski definition) is 4. The number of hydrogen-bond donors (Lipinski definition) is 6. The van der Waals surface area contributed by atoms with E-state index in [2.05, 4.69) is 31.3 Å². The van der Waals surface area contributed by atoms with Crippen molar-refractivity contribution in [2.24, 2.45) is 21.5 Å². The van der Waals surface area contributed by atoms with Crippen LogP contribution in [0.15, 0.2) is 58.5 Å². The second-order valence-electron chi connectivity index (χ2n) is 8.19. The van der Waals surface area contributed by atoms with Gasteiger partial charge in [-0.25, -0.2) is 9.59 Å². The Morgan fingerprint density at radius 2 is 0.975 bits per heavy atom. The number of halogens is 6. The van der Waals surface area contributed by atoms with E-state index in [1.54, 1.807) is 0 Å². The van der Waals surface area contributed by atoms with Crippen LogP contribution in [0.2, 0.25) is 0 Å². The molecule has 2 aromatic rings. The molecule has 10 nitrogen and oxygen atoms in total. The Morgan fingerprint density at radius 3 is 1.32 bits per heavy atom. The van der Waals surface area contributed by atoms with Crippen molar-refractivity contribution in [3.8, 4) is 0 Å². The first-order valence-electron chi connectivity index (χ1n) is 11.9. The normalized spacial score (nSPS) is 12.6. The lowest BCUT2D eigenvalue weighted by Gasteiger charge is -2.13. The van der Waals surface area contributed by atoms with Crippen LogP contribution in [0.1, 0.15) is 36.8 Å². The molecule has 0 aliphatic heterocycles. The third-order valence-corrected chi connectivity index (χ3v) is 5.08. The van der Waals surface area contributed by atoms with E-state index in [-0.39, 0.29) is 25.0 Å². The summed E-state index contributed by atoms with van der Waals surface area (Å²) in [6.45, 7) is 0.496. The molecule has 0 radical (unpaired) electrons. The molecule has 4 amide bonds. The monoisotopic (exact) mass is 574 g/mol. The van der Waals surface area contributed by atoms with E-state index in [9.17, 15) is 35.9 Å². The summed E-state index contributed by atoms with van der Waals surface area (Å²) in [6.07, 6.45) is -6.73. The third-order valence-electron chi connectivity index (χ3n) is 5.08. The lowest BCUT2D eigenvalue weighted by molar-refractivity contribution is -0.137. The number of nitrogens with zero attached hydrogens (tertiary/aromatic N) is 2. The van der Waals surface area contributed by atoms with Crippen molar-refractivity contribution in [2.45, 2.75) is 38.0 Å². The second-order valence-corrected chi connectivity index (χ2v) is 8.19. The quantitative estimate of drug-likeness (QED) is 0.109. The molecule has 0 spiro atoms. The van der Waals surface area contributed by atoms with Crippen molar-refractivity contribution in [1.29, 1.82) is 0 Å². The van der Waals surface area contributed by atoms with Crippen LogP contribution in [0.25, 0.3) is 0 Å². The van der Waals surface area contributed by atoms with E-state index >= 15 is 0 Å². The molecular weight excluding hydrogens is 546 g/mol. The molecule has 0 aliphatic rings. The third kappa shape index (κ3) is 11.1. The number of nitrogens with two attached hydrogens (primary N) is 2. The van der Waals surface area contributed by atoms with Crippen LogP contribution in [0.5, 0.6) is 0 Å². The molecule has 2 aromatic carbocycles. The van der Waals surface area contributed by atoms with Crippen molar-refractivity contribution in [3.63, 3.8) is 0 Å². The number of para-hydroxylation sites is 2. The number of carbonyl (C=O) groups excluding carboxylic acids is 2. The lowest BCUT2D eigenvalue weighted by atomic mass is 10.1. The van der Waals surface area contributed by atoms with Gasteiger partial charge < -0.3 is 22.1 Å². The Hall–Kier alpha value is -4.50. The van der Waals surface area contributed by atoms with Crippen molar-refractivity contribution < 1.29 is 35.9 Å². The first-order valence-corrected chi connectivity index (χ1v) is 11.9. The number of urea groups is 2. The van der Waals surface area contributed by atoms with Crippen LogP contribution >= 0.6 is 0 Å². The fourth-order valence-corrected chi connectivity index (χ4v) is 3.27. The van der Waals surface area contributed by atoms with E-state index in [0.29, 0.717) is 25.7 Å². The Labute approximate surface area is 225 Å². The first-order chi connectivity index (χ1) is 18.8. The van der Waals surface area contributed by atoms with Gasteiger partial charge in [0, 0.05) is 13.1 Å². The molecule has 0 saturated heterocycles. The maximum Gasteiger partial charge on any atom is 0.418 e. The Morgan fingerprint density at radius 1 is 0.625 bits per heavy atom. The maximum atomic E-state index is 13.0. The predicted octanol–water partition coefficient (Wildman–Crippen LogP) is 4.86. The average molecular weight is 575 g/mol. The van der Waals surface area contributed by atoms with Crippen LogP contribution in [0.4, 0.5) is 47.3 Å². The number of unbranched alkanes of at least 4 members (excludes halogenated alkanes) is 3. The highest BCUT2D eigenvalue weighted by Gasteiger charge is 2.34. The number of benzene rings is 2. The molecule has 40 heavy (non-hydrogen) atoms. The summed E-state index contributed by atoms with van der Waals surface area (Å²) < 4.78 is 78.0. The molecule has 2 rings (SSSR count). The smallest absolute Gasteiger partial charge is 0.370 e. The highest BCUT2D eigenvalue weighted by Crippen LogP contribution is 2.35. The molecular formula is C24H28F6N8O2. The number of carbonyl (C=O) groups is 2. The summed E-state index contributed by atoms with van der Waals surface area (Å²) in [6, 6.07) is 7.03. The Bertz CT molecular complexity index is 1120. The summed E-state index contributed by atoms with van der Waals surface area (Å²) in [5, 5.41) is 8.48. The zero-order valence-corrected chi connectivity index (χ0v) is 21.0. The SMILES string of the molecule is NC(=NCCCCCCN=C(N)NC(=O)Nc1ccccc1C(F)(F)F)NC(=O)Nc1ccccc1C(F)(F)F. The average Bonchev–Trinajstić information content (AvgIpc) is 2.84. The van der Waals surface area contributed by atoms with Gasteiger partial charge in [0.2, 0.25) is 0 Å². The summed E-state index contributed by atoms with van der Waals surface area (Å²) in [7, 11) is 0. The van der Waals surface area contributed by atoms with Crippen LogP contribution in [0, 0.1) is 0 Å². The topological polar surface area (TPSA) is 159 Å². The maximum absolute atomic E-state index is 13.0. The zero-order valence-electron chi connectivity index (χ0n) is 21.0. The zero-order chi connectivity index (χ0) is 29.8. The van der Waals surface area contributed by atoms with E-state index in [0.717, 1.165) is 24.3 Å². The number of guanidine groups is 2. The van der Waals surface area contributed by atoms with Gasteiger partial charge >= 0.3 is 24.4 Å². The summed E-state index contributed by atoms with van der Waals surface area (Å²) in [5.41, 5.74) is 8.33. The van der Waals surface area contributed by atoms with Crippen LogP contribution < -0.4 is 32.7 Å². The highest BCUT2D eigenvalue weighted by molar-refractivity contribution is 6.02. The Kier molecular flexibility index (Phi) is 11.6. The van der Waals surface area contributed by atoms with Gasteiger partial charge in [0.1, 0.15) is 0 Å². The minimum absolute atomic E-state index is 0.248. The van der Waals surface area contributed by atoms with Gasteiger partial charge in [-0.3, -0.25) is 20.6 Å². The number of amides is 4. The minimum Gasteiger partial charge on any atom is -0.370 e. The highest BCUT2D eigenvalue weighted by atomic mass is 19.4. The van der Waals surface area contributed by atoms with Gasteiger partial charge in [-0.15, -0.1) is 0 Å². The molecule has 0 heterocycles. The number of anilines is 2. The molecule has 0 unspecified atom stereocenters. The molecule has 16 heteroatoms. The van der Waals surface area contributed by atoms with Crippen LogP contribution in [-0.4, -0.2) is 37.1 Å². The number of alkyl halides is 6. The van der Waals surface area contributed by atoms with Gasteiger partial charge in [0.25, 0.3) is 0 Å². The van der Waals surface area contributed by atoms with Gasteiger partial charge in [-0.1, -0.05) is 37.1 Å². The van der Waals surface area contributed by atoms with Crippen molar-refractivity contribution in [3.05, 3.63) is 59.7 Å². The fourth-order valence-electron chi connectivity index (χ4n) is 3.27. The Balaban J connectivity index is 1.65. The largest absolute Gasteiger partial charge is 0.418 e. The van der Waals surface area contributed by atoms with E-state index in [1.165, 1.54) is 24.3 Å². The standard InChI is InChI=1S/C24H28F6N8O2/c25-23(26,27)15-9-3-5-11-17(15)35-21(39)37-19(31)33-13-7-1-2-8-14-34-20(32)38-22(40)36-18-12-6-4-10-16(18)24(28,29)30/h3-6,9-12H,1-2,7-8,13-14H2,(H4,31,33,35,37,39)(H4,32,34,36,38,40).